The summed E-state index contributed by atoms with van der Waals surface area (Å²) in [5.41, 5.74) is 1.49. The Morgan fingerprint density at radius 2 is 2.05 bits per heavy atom. The highest BCUT2D eigenvalue weighted by atomic mass is 16.1. The van der Waals surface area contributed by atoms with Gasteiger partial charge in [-0.25, -0.2) is 0 Å². The first-order chi connectivity index (χ1) is 9.29. The second-order valence-electron chi connectivity index (χ2n) is 5.12. The number of carbonyl (C=O) groups is 1. The minimum absolute atomic E-state index is 0.105. The van der Waals surface area contributed by atoms with Crippen molar-refractivity contribution in [2.75, 3.05) is 11.9 Å². The number of pyridine rings is 1. The van der Waals surface area contributed by atoms with Crippen molar-refractivity contribution in [3.05, 3.63) is 24.0 Å². The molecule has 1 aliphatic rings. The predicted octanol–water partition coefficient (Wildman–Crippen LogP) is 2.97. The fourth-order valence-electron chi connectivity index (χ4n) is 2.56. The van der Waals surface area contributed by atoms with E-state index in [1.807, 2.05) is 19.1 Å². The van der Waals surface area contributed by atoms with Gasteiger partial charge in [0.1, 0.15) is 5.69 Å². The fraction of sp³-hybridized carbons (Fsp3) is 0.600. The van der Waals surface area contributed by atoms with Gasteiger partial charge in [0, 0.05) is 24.5 Å². The zero-order valence-corrected chi connectivity index (χ0v) is 11.6. The summed E-state index contributed by atoms with van der Waals surface area (Å²) in [7, 11) is 0. The van der Waals surface area contributed by atoms with E-state index in [1.165, 1.54) is 38.5 Å². The van der Waals surface area contributed by atoms with Crippen LogP contribution in [0.1, 0.15) is 55.9 Å². The van der Waals surface area contributed by atoms with E-state index in [0.717, 1.165) is 5.69 Å². The highest BCUT2D eigenvalue weighted by Crippen LogP contribution is 2.21. The molecule has 0 atom stereocenters. The van der Waals surface area contributed by atoms with Crippen LogP contribution in [-0.2, 0) is 0 Å². The molecule has 1 amide bonds. The molecule has 4 nitrogen and oxygen atoms in total. The van der Waals surface area contributed by atoms with E-state index < -0.39 is 0 Å². The van der Waals surface area contributed by atoms with Gasteiger partial charge in [-0.15, -0.1) is 0 Å². The lowest BCUT2D eigenvalue weighted by Gasteiger charge is -2.17. The number of anilines is 1. The highest BCUT2D eigenvalue weighted by Gasteiger charge is 2.13. The number of rotatable bonds is 4. The summed E-state index contributed by atoms with van der Waals surface area (Å²) in [6.45, 7) is 2.53. The van der Waals surface area contributed by atoms with Gasteiger partial charge in [0.2, 0.25) is 0 Å². The highest BCUT2D eigenvalue weighted by molar-refractivity contribution is 5.93. The topological polar surface area (TPSA) is 54.0 Å². The van der Waals surface area contributed by atoms with E-state index in [4.69, 9.17) is 0 Å². The van der Waals surface area contributed by atoms with E-state index in [1.54, 1.807) is 6.20 Å². The Labute approximate surface area is 115 Å². The van der Waals surface area contributed by atoms with E-state index in [9.17, 15) is 4.79 Å². The zero-order valence-electron chi connectivity index (χ0n) is 11.6. The van der Waals surface area contributed by atoms with Crippen LogP contribution in [0, 0.1) is 0 Å². The van der Waals surface area contributed by atoms with Crippen LogP contribution < -0.4 is 10.6 Å². The third-order valence-electron chi connectivity index (χ3n) is 3.56. The van der Waals surface area contributed by atoms with Crippen LogP contribution in [0.15, 0.2) is 18.3 Å². The lowest BCUT2D eigenvalue weighted by molar-refractivity contribution is 0.0951. The Morgan fingerprint density at radius 1 is 1.32 bits per heavy atom. The van der Waals surface area contributed by atoms with Crippen molar-refractivity contribution >= 4 is 11.6 Å². The first kappa shape index (κ1) is 13.8. The van der Waals surface area contributed by atoms with E-state index in [0.29, 0.717) is 18.3 Å². The van der Waals surface area contributed by atoms with Gasteiger partial charge in [-0.05, 0) is 31.9 Å². The van der Waals surface area contributed by atoms with Crippen molar-refractivity contribution in [3.8, 4) is 0 Å². The lowest BCUT2D eigenvalue weighted by atomic mass is 10.1. The molecule has 2 rings (SSSR count). The van der Waals surface area contributed by atoms with Crippen LogP contribution in [0.2, 0.25) is 0 Å². The fourth-order valence-corrected chi connectivity index (χ4v) is 2.56. The summed E-state index contributed by atoms with van der Waals surface area (Å²) >= 11 is 0. The smallest absolute Gasteiger partial charge is 0.269 e. The molecule has 1 heterocycles. The third kappa shape index (κ3) is 4.23. The number of aromatic nitrogens is 1. The van der Waals surface area contributed by atoms with Crippen LogP contribution in [0.3, 0.4) is 0 Å². The number of nitrogens with one attached hydrogen (secondary N) is 2. The van der Waals surface area contributed by atoms with Crippen LogP contribution in [0.4, 0.5) is 5.69 Å². The van der Waals surface area contributed by atoms with Gasteiger partial charge >= 0.3 is 0 Å². The van der Waals surface area contributed by atoms with E-state index in [-0.39, 0.29) is 5.91 Å². The predicted molar refractivity (Wildman–Crippen MR) is 77.4 cm³/mol. The molecule has 0 unspecified atom stereocenters. The second kappa shape index (κ2) is 7.12. The molecule has 0 aromatic carbocycles. The van der Waals surface area contributed by atoms with Gasteiger partial charge in [0.15, 0.2) is 0 Å². The van der Waals surface area contributed by atoms with Gasteiger partial charge in [-0.3, -0.25) is 9.78 Å². The standard InChI is InChI=1S/C15H23N3O/c1-2-16-15(19)14-11-13(9-10-17-14)18-12-7-5-3-4-6-8-12/h9-12H,2-8H2,1H3,(H,16,19)(H,17,18). The Kier molecular flexibility index (Phi) is 5.19. The maximum atomic E-state index is 11.7. The minimum atomic E-state index is -0.105. The molecular weight excluding hydrogens is 238 g/mol. The van der Waals surface area contributed by atoms with Crippen LogP contribution in [0.25, 0.3) is 0 Å². The summed E-state index contributed by atoms with van der Waals surface area (Å²) in [6, 6.07) is 4.32. The monoisotopic (exact) mass is 261 g/mol. The van der Waals surface area contributed by atoms with Crippen molar-refractivity contribution in [3.63, 3.8) is 0 Å². The van der Waals surface area contributed by atoms with Crippen LogP contribution >= 0.6 is 0 Å². The molecule has 0 radical (unpaired) electrons. The molecule has 2 N–H and O–H groups in total. The van der Waals surface area contributed by atoms with Crippen molar-refractivity contribution in [1.82, 2.24) is 10.3 Å². The average Bonchev–Trinajstić information content (AvgIpc) is 2.68. The summed E-state index contributed by atoms with van der Waals surface area (Å²) in [4.78, 5) is 15.9. The maximum absolute atomic E-state index is 11.7. The van der Waals surface area contributed by atoms with Gasteiger partial charge in [-0.2, -0.15) is 0 Å². The molecule has 0 saturated heterocycles. The molecule has 1 aromatic rings. The first-order valence-corrected chi connectivity index (χ1v) is 7.30. The largest absolute Gasteiger partial charge is 0.382 e. The number of nitrogens with zero attached hydrogens (tertiary/aromatic N) is 1. The first-order valence-electron chi connectivity index (χ1n) is 7.30. The van der Waals surface area contributed by atoms with E-state index in [2.05, 4.69) is 15.6 Å². The zero-order chi connectivity index (χ0) is 13.5. The molecular formula is C15H23N3O. The summed E-state index contributed by atoms with van der Waals surface area (Å²) in [6.07, 6.45) is 9.43. The van der Waals surface area contributed by atoms with Crippen LogP contribution in [-0.4, -0.2) is 23.5 Å². The maximum Gasteiger partial charge on any atom is 0.269 e. The van der Waals surface area contributed by atoms with Gasteiger partial charge in [-0.1, -0.05) is 25.7 Å². The molecule has 0 bridgehead atoms. The molecule has 1 aromatic heterocycles. The molecule has 1 saturated carbocycles. The molecule has 1 fully saturated rings. The van der Waals surface area contributed by atoms with Gasteiger partial charge in [0.25, 0.3) is 5.91 Å². The number of hydrogen-bond acceptors (Lipinski definition) is 3. The molecule has 1 aliphatic carbocycles. The minimum Gasteiger partial charge on any atom is -0.382 e. The van der Waals surface area contributed by atoms with Crippen LogP contribution in [0.5, 0.6) is 0 Å². The number of amides is 1. The Hall–Kier alpha value is -1.58. The van der Waals surface area contributed by atoms with Gasteiger partial charge < -0.3 is 10.6 Å². The summed E-state index contributed by atoms with van der Waals surface area (Å²) in [5.74, 6) is -0.105. The quantitative estimate of drug-likeness (QED) is 0.819. The molecule has 4 heteroatoms. The van der Waals surface area contributed by atoms with E-state index >= 15 is 0 Å². The Balaban J connectivity index is 1.99. The molecule has 0 spiro atoms. The Bertz CT molecular complexity index is 412. The molecule has 0 aliphatic heterocycles. The number of hydrogen-bond donors (Lipinski definition) is 2. The summed E-state index contributed by atoms with van der Waals surface area (Å²) < 4.78 is 0. The average molecular weight is 261 g/mol. The van der Waals surface area contributed by atoms with Gasteiger partial charge in [0.05, 0.1) is 0 Å². The normalized spacial score (nSPS) is 16.7. The SMILES string of the molecule is CCNC(=O)c1cc(NC2CCCCCC2)ccn1. The lowest BCUT2D eigenvalue weighted by Crippen LogP contribution is -2.24. The van der Waals surface area contributed by atoms with Crippen molar-refractivity contribution < 1.29 is 4.79 Å². The molecule has 104 valence electrons. The second-order valence-corrected chi connectivity index (χ2v) is 5.12. The summed E-state index contributed by atoms with van der Waals surface area (Å²) in [5, 5.41) is 6.31. The molecule has 19 heavy (non-hydrogen) atoms. The number of carbonyl (C=O) groups excluding carboxylic acids is 1. The Morgan fingerprint density at radius 3 is 2.74 bits per heavy atom. The van der Waals surface area contributed by atoms with Crippen molar-refractivity contribution in [1.29, 1.82) is 0 Å². The van der Waals surface area contributed by atoms with Crippen molar-refractivity contribution in [2.45, 2.75) is 51.5 Å². The van der Waals surface area contributed by atoms with Crippen molar-refractivity contribution in [2.24, 2.45) is 0 Å². The third-order valence-corrected chi connectivity index (χ3v) is 3.56.